The number of ether oxygens (including phenoxy) is 1. The summed E-state index contributed by atoms with van der Waals surface area (Å²) >= 11 is 0. The Bertz CT molecular complexity index is 389. The number of nitrogens with zero attached hydrogens (tertiary/aromatic N) is 2. The van der Waals surface area contributed by atoms with Crippen molar-refractivity contribution in [1.82, 2.24) is 4.98 Å². The van der Waals surface area contributed by atoms with E-state index in [0.717, 1.165) is 31.0 Å². The van der Waals surface area contributed by atoms with E-state index in [4.69, 9.17) is 4.74 Å². The molecule has 0 radical (unpaired) electrons. The summed E-state index contributed by atoms with van der Waals surface area (Å²) in [7, 11) is 4.00. The fourth-order valence-electron chi connectivity index (χ4n) is 2.40. The van der Waals surface area contributed by atoms with Gasteiger partial charge in [0.05, 0.1) is 18.0 Å². The minimum atomic E-state index is 0.375. The zero-order chi connectivity index (χ0) is 13.8. The molecule has 1 saturated heterocycles. The van der Waals surface area contributed by atoms with E-state index >= 15 is 0 Å². The third-order valence-electron chi connectivity index (χ3n) is 3.64. The molecule has 1 aliphatic heterocycles. The Morgan fingerprint density at radius 2 is 2.16 bits per heavy atom. The SMILES string of the molecule is CC(C)C1CC(Nc2ccc(N(C)C)nc2)CCO1. The number of hydrogen-bond donors (Lipinski definition) is 1. The molecule has 2 rings (SSSR count). The van der Waals surface area contributed by atoms with Crippen LogP contribution in [-0.2, 0) is 4.74 Å². The standard InChI is InChI=1S/C15H25N3O/c1-11(2)14-9-12(7-8-19-14)17-13-5-6-15(16-10-13)18(3)4/h5-6,10-12,14,17H,7-9H2,1-4H3. The van der Waals surface area contributed by atoms with Crippen LogP contribution in [0.2, 0.25) is 0 Å². The predicted octanol–water partition coefficient (Wildman–Crippen LogP) is 2.76. The van der Waals surface area contributed by atoms with Crippen LogP contribution in [0.4, 0.5) is 11.5 Å². The number of anilines is 2. The summed E-state index contributed by atoms with van der Waals surface area (Å²) in [6.07, 6.45) is 4.43. The topological polar surface area (TPSA) is 37.4 Å². The van der Waals surface area contributed by atoms with Gasteiger partial charge in [0.15, 0.2) is 0 Å². The zero-order valence-corrected chi connectivity index (χ0v) is 12.4. The Morgan fingerprint density at radius 3 is 2.74 bits per heavy atom. The highest BCUT2D eigenvalue weighted by Gasteiger charge is 2.24. The number of rotatable bonds is 4. The molecule has 0 spiro atoms. The molecule has 2 unspecified atom stereocenters. The van der Waals surface area contributed by atoms with E-state index in [0.29, 0.717) is 18.1 Å². The van der Waals surface area contributed by atoms with Gasteiger partial charge in [-0.3, -0.25) is 0 Å². The van der Waals surface area contributed by atoms with E-state index in [-0.39, 0.29) is 0 Å². The van der Waals surface area contributed by atoms with E-state index in [2.05, 4.69) is 30.2 Å². The Kier molecular flexibility index (Phi) is 4.64. The van der Waals surface area contributed by atoms with E-state index in [9.17, 15) is 0 Å². The van der Waals surface area contributed by atoms with Gasteiger partial charge in [0, 0.05) is 26.7 Å². The lowest BCUT2D eigenvalue weighted by molar-refractivity contribution is -0.0160. The van der Waals surface area contributed by atoms with Crippen LogP contribution < -0.4 is 10.2 Å². The maximum Gasteiger partial charge on any atom is 0.128 e. The fourth-order valence-corrected chi connectivity index (χ4v) is 2.40. The maximum atomic E-state index is 5.80. The molecule has 19 heavy (non-hydrogen) atoms. The Morgan fingerprint density at radius 1 is 1.37 bits per heavy atom. The van der Waals surface area contributed by atoms with Crippen LogP contribution in [-0.4, -0.2) is 37.8 Å². The van der Waals surface area contributed by atoms with Crippen molar-refractivity contribution in [2.75, 3.05) is 30.9 Å². The van der Waals surface area contributed by atoms with E-state index in [1.165, 1.54) is 0 Å². The molecule has 1 fully saturated rings. The number of pyridine rings is 1. The van der Waals surface area contributed by atoms with Gasteiger partial charge in [-0.15, -0.1) is 0 Å². The molecule has 0 saturated carbocycles. The van der Waals surface area contributed by atoms with Gasteiger partial charge in [0.1, 0.15) is 5.82 Å². The fraction of sp³-hybridized carbons (Fsp3) is 0.667. The minimum Gasteiger partial charge on any atom is -0.381 e. The highest BCUT2D eigenvalue weighted by atomic mass is 16.5. The quantitative estimate of drug-likeness (QED) is 0.906. The van der Waals surface area contributed by atoms with Gasteiger partial charge < -0.3 is 15.0 Å². The zero-order valence-electron chi connectivity index (χ0n) is 12.4. The number of hydrogen-bond acceptors (Lipinski definition) is 4. The van der Waals surface area contributed by atoms with E-state index in [1.54, 1.807) is 0 Å². The first-order valence-corrected chi connectivity index (χ1v) is 7.08. The third kappa shape index (κ3) is 3.83. The number of aromatic nitrogens is 1. The molecular formula is C15H25N3O. The van der Waals surface area contributed by atoms with Crippen LogP contribution in [0.1, 0.15) is 26.7 Å². The first-order valence-electron chi connectivity index (χ1n) is 7.08. The van der Waals surface area contributed by atoms with Crippen molar-refractivity contribution in [2.24, 2.45) is 5.92 Å². The molecule has 1 N–H and O–H groups in total. The van der Waals surface area contributed by atoms with Crippen molar-refractivity contribution in [2.45, 2.75) is 38.8 Å². The molecule has 106 valence electrons. The van der Waals surface area contributed by atoms with Gasteiger partial charge in [-0.2, -0.15) is 0 Å². The van der Waals surface area contributed by atoms with Crippen molar-refractivity contribution < 1.29 is 4.74 Å². The van der Waals surface area contributed by atoms with Crippen LogP contribution in [0.5, 0.6) is 0 Å². The maximum absolute atomic E-state index is 5.80. The molecule has 4 nitrogen and oxygen atoms in total. The summed E-state index contributed by atoms with van der Waals surface area (Å²) in [5.41, 5.74) is 1.10. The molecule has 0 aromatic carbocycles. The van der Waals surface area contributed by atoms with Gasteiger partial charge in [-0.05, 0) is 30.9 Å². The van der Waals surface area contributed by atoms with Gasteiger partial charge in [0.25, 0.3) is 0 Å². The molecule has 0 aliphatic carbocycles. The summed E-state index contributed by atoms with van der Waals surface area (Å²) in [4.78, 5) is 6.44. The predicted molar refractivity (Wildman–Crippen MR) is 79.8 cm³/mol. The molecule has 0 amide bonds. The van der Waals surface area contributed by atoms with Crippen molar-refractivity contribution in [3.8, 4) is 0 Å². The van der Waals surface area contributed by atoms with Crippen molar-refractivity contribution in [3.63, 3.8) is 0 Å². The summed E-state index contributed by atoms with van der Waals surface area (Å²) in [6, 6.07) is 4.64. The molecule has 1 aromatic rings. The molecule has 0 bridgehead atoms. The molecule has 2 heterocycles. The molecule has 2 atom stereocenters. The monoisotopic (exact) mass is 263 g/mol. The molecule has 1 aliphatic rings. The van der Waals surface area contributed by atoms with Crippen molar-refractivity contribution >= 4 is 11.5 Å². The average molecular weight is 263 g/mol. The summed E-state index contributed by atoms with van der Waals surface area (Å²) in [5, 5.41) is 3.57. The van der Waals surface area contributed by atoms with Crippen LogP contribution in [0.15, 0.2) is 18.3 Å². The lowest BCUT2D eigenvalue weighted by Crippen LogP contribution is -2.36. The van der Waals surface area contributed by atoms with Gasteiger partial charge >= 0.3 is 0 Å². The van der Waals surface area contributed by atoms with Crippen molar-refractivity contribution in [1.29, 1.82) is 0 Å². The summed E-state index contributed by atoms with van der Waals surface area (Å²) in [6.45, 7) is 5.30. The first kappa shape index (κ1) is 14.1. The minimum absolute atomic E-state index is 0.375. The van der Waals surface area contributed by atoms with Crippen molar-refractivity contribution in [3.05, 3.63) is 18.3 Å². The Hall–Kier alpha value is -1.29. The van der Waals surface area contributed by atoms with Gasteiger partial charge in [-0.25, -0.2) is 4.98 Å². The van der Waals surface area contributed by atoms with E-state index < -0.39 is 0 Å². The molecule has 1 aromatic heterocycles. The lowest BCUT2D eigenvalue weighted by atomic mass is 9.95. The van der Waals surface area contributed by atoms with Crippen LogP contribution in [0.3, 0.4) is 0 Å². The molecular weight excluding hydrogens is 238 g/mol. The van der Waals surface area contributed by atoms with Crippen LogP contribution in [0.25, 0.3) is 0 Å². The largest absolute Gasteiger partial charge is 0.381 e. The Labute approximate surface area is 116 Å². The van der Waals surface area contributed by atoms with E-state index in [1.807, 2.05) is 31.3 Å². The highest BCUT2D eigenvalue weighted by molar-refractivity contribution is 5.48. The highest BCUT2D eigenvalue weighted by Crippen LogP contribution is 2.23. The molecule has 4 heteroatoms. The summed E-state index contributed by atoms with van der Waals surface area (Å²) < 4.78 is 5.80. The second kappa shape index (κ2) is 6.24. The summed E-state index contributed by atoms with van der Waals surface area (Å²) in [5.74, 6) is 1.57. The second-order valence-electron chi connectivity index (χ2n) is 5.82. The lowest BCUT2D eigenvalue weighted by Gasteiger charge is -2.32. The van der Waals surface area contributed by atoms with Gasteiger partial charge in [0.2, 0.25) is 0 Å². The number of nitrogens with one attached hydrogen (secondary N) is 1. The average Bonchev–Trinajstić information content (AvgIpc) is 2.39. The van der Waals surface area contributed by atoms with Crippen LogP contribution >= 0.6 is 0 Å². The van der Waals surface area contributed by atoms with Gasteiger partial charge in [-0.1, -0.05) is 13.8 Å². The normalized spacial score (nSPS) is 23.4. The third-order valence-corrected chi connectivity index (χ3v) is 3.64. The Balaban J connectivity index is 1.93. The first-order chi connectivity index (χ1) is 9.06. The second-order valence-corrected chi connectivity index (χ2v) is 5.82. The van der Waals surface area contributed by atoms with Crippen LogP contribution in [0, 0.1) is 5.92 Å². The smallest absolute Gasteiger partial charge is 0.128 e.